The van der Waals surface area contributed by atoms with Crippen LogP contribution in [0.25, 0.3) is 5.69 Å². The average molecular weight is 327 g/mol. The highest BCUT2D eigenvalue weighted by Gasteiger charge is 2.26. The lowest BCUT2D eigenvalue weighted by Crippen LogP contribution is -2.46. The van der Waals surface area contributed by atoms with E-state index in [0.717, 1.165) is 55.7 Å². The van der Waals surface area contributed by atoms with Gasteiger partial charge in [-0.15, -0.1) is 0 Å². The highest BCUT2D eigenvalue weighted by Crippen LogP contribution is 2.20. The molecule has 0 unspecified atom stereocenters. The highest BCUT2D eigenvalue weighted by molar-refractivity contribution is 5.96. The van der Waals surface area contributed by atoms with Crippen LogP contribution in [-0.4, -0.2) is 51.2 Å². The Kier molecular flexibility index (Phi) is 5.25. The summed E-state index contributed by atoms with van der Waals surface area (Å²) in [4.78, 5) is 19.2. The first kappa shape index (κ1) is 16.6. The number of aromatic nitrogens is 3. The average Bonchev–Trinajstić information content (AvgIpc) is 3.14. The van der Waals surface area contributed by atoms with Crippen molar-refractivity contribution in [1.82, 2.24) is 25.0 Å². The van der Waals surface area contributed by atoms with E-state index in [-0.39, 0.29) is 5.91 Å². The van der Waals surface area contributed by atoms with Gasteiger partial charge in [0.1, 0.15) is 12.7 Å². The van der Waals surface area contributed by atoms with Gasteiger partial charge >= 0.3 is 0 Å². The summed E-state index contributed by atoms with van der Waals surface area (Å²) in [5, 5.41) is 7.51. The second kappa shape index (κ2) is 7.57. The summed E-state index contributed by atoms with van der Waals surface area (Å²) in [6.07, 6.45) is 6.21. The Balaban J connectivity index is 1.84. The summed E-state index contributed by atoms with van der Waals surface area (Å²) in [6, 6.07) is 6.18. The van der Waals surface area contributed by atoms with E-state index in [4.69, 9.17) is 0 Å². The third kappa shape index (κ3) is 3.48. The van der Waals surface area contributed by atoms with Crippen molar-refractivity contribution in [1.29, 1.82) is 0 Å². The molecule has 128 valence electrons. The summed E-state index contributed by atoms with van der Waals surface area (Å²) in [7, 11) is 0. The zero-order valence-corrected chi connectivity index (χ0v) is 14.4. The molecule has 2 aromatic rings. The number of hydrogen-bond donors (Lipinski definition) is 1. The molecule has 0 bridgehead atoms. The van der Waals surface area contributed by atoms with E-state index in [9.17, 15) is 4.79 Å². The second-order valence-electron chi connectivity index (χ2n) is 6.32. The topological polar surface area (TPSA) is 63.1 Å². The lowest BCUT2D eigenvalue weighted by atomic mass is 10.0. The van der Waals surface area contributed by atoms with Gasteiger partial charge in [0.05, 0.1) is 5.69 Å². The fourth-order valence-electron chi connectivity index (χ4n) is 3.34. The molecule has 1 fully saturated rings. The molecular weight excluding hydrogens is 302 g/mol. The summed E-state index contributed by atoms with van der Waals surface area (Å²) < 4.78 is 1.71. The van der Waals surface area contributed by atoms with Crippen LogP contribution in [0.15, 0.2) is 30.9 Å². The fourth-order valence-corrected chi connectivity index (χ4v) is 3.34. The molecule has 1 aromatic carbocycles. The Bertz CT molecular complexity index is 677. The first-order valence-corrected chi connectivity index (χ1v) is 8.68. The number of aryl methyl sites for hydroxylation is 1. The number of piperidine rings is 1. The molecule has 1 aromatic heterocycles. The zero-order valence-electron chi connectivity index (χ0n) is 14.4. The molecule has 1 aliphatic heterocycles. The minimum Gasteiger partial charge on any atom is -0.336 e. The van der Waals surface area contributed by atoms with Gasteiger partial charge in [-0.3, -0.25) is 4.79 Å². The lowest BCUT2D eigenvalue weighted by molar-refractivity contribution is 0.0642. The number of hydrogen-bond acceptors (Lipinski definition) is 4. The number of benzene rings is 1. The SMILES string of the molecule is CCCN(C(=O)c1ccc(-n2cncn2)cc1C)C1CCNCC1. The van der Waals surface area contributed by atoms with Crippen LogP contribution in [0.5, 0.6) is 0 Å². The van der Waals surface area contributed by atoms with Crippen LogP contribution >= 0.6 is 0 Å². The van der Waals surface area contributed by atoms with Gasteiger partial charge < -0.3 is 10.2 Å². The molecule has 0 saturated carbocycles. The quantitative estimate of drug-likeness (QED) is 0.914. The predicted octanol–water partition coefficient (Wildman–Crippen LogP) is 2.18. The van der Waals surface area contributed by atoms with Crippen LogP contribution in [0, 0.1) is 6.92 Å². The van der Waals surface area contributed by atoms with Crippen molar-refractivity contribution in [2.75, 3.05) is 19.6 Å². The minimum absolute atomic E-state index is 0.145. The summed E-state index contributed by atoms with van der Waals surface area (Å²) >= 11 is 0. The third-order valence-electron chi connectivity index (χ3n) is 4.60. The molecule has 2 heterocycles. The first-order chi connectivity index (χ1) is 11.7. The Labute approximate surface area is 142 Å². The van der Waals surface area contributed by atoms with Crippen LogP contribution in [0.1, 0.15) is 42.1 Å². The fraction of sp³-hybridized carbons (Fsp3) is 0.500. The highest BCUT2D eigenvalue weighted by atomic mass is 16.2. The number of carbonyl (C=O) groups is 1. The molecule has 0 aliphatic carbocycles. The molecule has 1 saturated heterocycles. The van der Waals surface area contributed by atoms with E-state index >= 15 is 0 Å². The maximum atomic E-state index is 13.1. The van der Waals surface area contributed by atoms with Gasteiger partial charge in [-0.2, -0.15) is 5.10 Å². The number of carbonyl (C=O) groups excluding carboxylic acids is 1. The van der Waals surface area contributed by atoms with Crippen molar-refractivity contribution in [3.05, 3.63) is 42.0 Å². The number of nitrogens with zero attached hydrogens (tertiary/aromatic N) is 4. The van der Waals surface area contributed by atoms with Crippen LogP contribution in [0.4, 0.5) is 0 Å². The van der Waals surface area contributed by atoms with Gasteiger partial charge in [0.25, 0.3) is 5.91 Å². The van der Waals surface area contributed by atoms with Gasteiger partial charge in [-0.25, -0.2) is 9.67 Å². The van der Waals surface area contributed by atoms with Crippen molar-refractivity contribution in [2.24, 2.45) is 0 Å². The van der Waals surface area contributed by atoms with Gasteiger partial charge in [0, 0.05) is 18.2 Å². The van der Waals surface area contributed by atoms with E-state index in [1.54, 1.807) is 11.0 Å². The largest absolute Gasteiger partial charge is 0.336 e. The van der Waals surface area contributed by atoms with Gasteiger partial charge in [-0.05, 0) is 63.0 Å². The molecular formula is C18H25N5O. The molecule has 6 nitrogen and oxygen atoms in total. The van der Waals surface area contributed by atoms with Crippen LogP contribution in [0.3, 0.4) is 0 Å². The van der Waals surface area contributed by atoms with Crippen molar-refractivity contribution >= 4 is 5.91 Å². The van der Waals surface area contributed by atoms with Crippen molar-refractivity contribution in [2.45, 2.75) is 39.2 Å². The van der Waals surface area contributed by atoms with Crippen LogP contribution < -0.4 is 5.32 Å². The summed E-state index contributed by atoms with van der Waals surface area (Å²) in [5.41, 5.74) is 2.68. The third-order valence-corrected chi connectivity index (χ3v) is 4.60. The standard InChI is InChI=1S/C18H25N5O/c1-3-10-22(15-6-8-19-9-7-15)18(24)17-5-4-16(11-14(17)2)23-13-20-12-21-23/h4-5,11-13,15,19H,3,6-10H2,1-2H3. The van der Waals surface area contributed by atoms with E-state index in [1.807, 2.05) is 25.1 Å². The number of nitrogens with one attached hydrogen (secondary N) is 1. The molecule has 3 rings (SSSR count). The Morgan fingerprint density at radius 3 is 2.79 bits per heavy atom. The molecule has 6 heteroatoms. The zero-order chi connectivity index (χ0) is 16.9. The Morgan fingerprint density at radius 1 is 1.38 bits per heavy atom. The normalized spacial score (nSPS) is 15.4. The Morgan fingerprint density at radius 2 is 2.17 bits per heavy atom. The molecule has 24 heavy (non-hydrogen) atoms. The molecule has 1 aliphatic rings. The maximum absolute atomic E-state index is 13.1. The molecule has 1 N–H and O–H groups in total. The predicted molar refractivity (Wildman–Crippen MR) is 93.3 cm³/mol. The number of amides is 1. The minimum atomic E-state index is 0.145. The molecule has 0 atom stereocenters. The Hall–Kier alpha value is -2.21. The molecule has 1 amide bonds. The van der Waals surface area contributed by atoms with Gasteiger partial charge in [0.2, 0.25) is 0 Å². The van der Waals surface area contributed by atoms with Crippen molar-refractivity contribution in [3.8, 4) is 5.69 Å². The smallest absolute Gasteiger partial charge is 0.254 e. The maximum Gasteiger partial charge on any atom is 0.254 e. The lowest BCUT2D eigenvalue weighted by Gasteiger charge is -2.35. The molecule has 0 radical (unpaired) electrons. The first-order valence-electron chi connectivity index (χ1n) is 8.68. The summed E-state index contributed by atoms with van der Waals surface area (Å²) in [6.45, 7) is 6.90. The second-order valence-corrected chi connectivity index (χ2v) is 6.32. The van der Waals surface area contributed by atoms with Crippen molar-refractivity contribution < 1.29 is 4.79 Å². The van der Waals surface area contributed by atoms with Crippen LogP contribution in [0.2, 0.25) is 0 Å². The van der Waals surface area contributed by atoms with Gasteiger partial charge in [0.15, 0.2) is 0 Å². The van der Waals surface area contributed by atoms with Gasteiger partial charge in [-0.1, -0.05) is 6.92 Å². The van der Waals surface area contributed by atoms with E-state index in [1.165, 1.54) is 6.33 Å². The van der Waals surface area contributed by atoms with E-state index < -0.39 is 0 Å². The van der Waals surface area contributed by atoms with E-state index in [2.05, 4.69) is 27.2 Å². The summed E-state index contributed by atoms with van der Waals surface area (Å²) in [5.74, 6) is 0.145. The van der Waals surface area contributed by atoms with E-state index in [0.29, 0.717) is 6.04 Å². The van der Waals surface area contributed by atoms with Crippen molar-refractivity contribution in [3.63, 3.8) is 0 Å². The molecule has 0 spiro atoms. The van der Waals surface area contributed by atoms with Crippen LogP contribution in [-0.2, 0) is 0 Å². The monoisotopic (exact) mass is 327 g/mol. The number of rotatable bonds is 5.